The average Bonchev–Trinajstić information content (AvgIpc) is 3.36. The zero-order valence-corrected chi connectivity index (χ0v) is 23.1. The zero-order chi connectivity index (χ0) is 27.6. The number of Topliss-reactive ketones (excluding diaryl/α,β-unsaturated/α-hetero) is 2. The number of nitrogens with zero attached hydrogens (tertiary/aromatic N) is 2. The van der Waals surface area contributed by atoms with Gasteiger partial charge in [-0.3, -0.25) is 14.5 Å². The van der Waals surface area contributed by atoms with Crippen molar-refractivity contribution in [3.63, 3.8) is 0 Å². The number of benzene rings is 2. The summed E-state index contributed by atoms with van der Waals surface area (Å²) >= 11 is 1.35. The van der Waals surface area contributed by atoms with E-state index in [1.54, 1.807) is 18.2 Å². The summed E-state index contributed by atoms with van der Waals surface area (Å²) in [6.07, 6.45) is 1.64. The van der Waals surface area contributed by atoms with Gasteiger partial charge in [0.05, 0.1) is 39.5 Å². The molecule has 0 atom stereocenters. The number of ether oxygens (including phenoxy) is 4. The lowest BCUT2D eigenvalue weighted by Gasteiger charge is -2.26. The molecule has 39 heavy (non-hydrogen) atoms. The molecule has 208 valence electrons. The highest BCUT2D eigenvalue weighted by Crippen LogP contribution is 2.40. The van der Waals surface area contributed by atoms with E-state index in [1.165, 1.54) is 43.8 Å². The van der Waals surface area contributed by atoms with Crippen molar-refractivity contribution in [1.82, 2.24) is 9.88 Å². The summed E-state index contributed by atoms with van der Waals surface area (Å²) in [7, 11) is 3.03. The molecule has 0 bridgehead atoms. The third-order valence-electron chi connectivity index (χ3n) is 6.36. The van der Waals surface area contributed by atoms with Gasteiger partial charge in [-0.15, -0.1) is 11.3 Å². The molecule has 1 fully saturated rings. The number of carbonyl (C=O) groups excluding carboxylic acids is 2. The van der Waals surface area contributed by atoms with Gasteiger partial charge in [-0.2, -0.15) is 0 Å². The van der Waals surface area contributed by atoms with Crippen LogP contribution in [0.5, 0.6) is 23.0 Å². The molecular weight excluding hydrogens is 523 g/mol. The van der Waals surface area contributed by atoms with Crippen LogP contribution >= 0.6 is 11.3 Å². The largest absolute Gasteiger partial charge is 0.493 e. The molecule has 0 amide bonds. The number of carbonyl (C=O) groups is 2. The molecule has 8 nitrogen and oxygen atoms in total. The minimum atomic E-state index is -0.466. The van der Waals surface area contributed by atoms with Gasteiger partial charge >= 0.3 is 0 Å². The van der Waals surface area contributed by atoms with Crippen molar-refractivity contribution >= 4 is 22.9 Å². The topological polar surface area (TPSA) is 87.2 Å². The molecule has 0 aliphatic carbocycles. The van der Waals surface area contributed by atoms with E-state index in [4.69, 9.17) is 18.9 Å². The van der Waals surface area contributed by atoms with Crippen LogP contribution in [0.25, 0.3) is 0 Å². The Morgan fingerprint density at radius 2 is 1.79 bits per heavy atom. The Balaban J connectivity index is 1.32. The van der Waals surface area contributed by atoms with Gasteiger partial charge in [0.15, 0.2) is 11.5 Å². The van der Waals surface area contributed by atoms with Crippen LogP contribution in [0.3, 0.4) is 0 Å². The summed E-state index contributed by atoms with van der Waals surface area (Å²) in [5, 5.41) is 2.46. The fourth-order valence-electron chi connectivity index (χ4n) is 4.41. The molecule has 4 rings (SSSR count). The van der Waals surface area contributed by atoms with E-state index in [2.05, 4.69) is 9.88 Å². The third kappa shape index (κ3) is 8.32. The molecule has 3 aromatic rings. The fourth-order valence-corrected chi connectivity index (χ4v) is 5.23. The summed E-state index contributed by atoms with van der Waals surface area (Å²) < 4.78 is 36.2. The van der Waals surface area contributed by atoms with Crippen molar-refractivity contribution in [2.45, 2.75) is 32.1 Å². The SMILES string of the molecule is COc1cccc(Oc2ccc(F)cc2CC(=O)Cc2nc(CC(=O)CCCN3CCOCC3)cs2)c1OC. The Kier molecular flexibility index (Phi) is 10.4. The highest BCUT2D eigenvalue weighted by atomic mass is 32.1. The Hall–Kier alpha value is -3.34. The minimum absolute atomic E-state index is 0.0330. The average molecular weight is 557 g/mol. The number of methoxy groups -OCH3 is 2. The Morgan fingerprint density at radius 3 is 2.56 bits per heavy atom. The first-order chi connectivity index (χ1) is 18.9. The quantitative estimate of drug-likeness (QED) is 0.283. The van der Waals surface area contributed by atoms with E-state index >= 15 is 0 Å². The summed E-state index contributed by atoms with van der Waals surface area (Å²) in [6.45, 7) is 4.21. The molecule has 10 heteroatoms. The van der Waals surface area contributed by atoms with E-state index in [0.29, 0.717) is 45.7 Å². The van der Waals surface area contributed by atoms with Crippen LogP contribution < -0.4 is 14.2 Å². The van der Waals surface area contributed by atoms with Crippen LogP contribution in [-0.4, -0.2) is 68.5 Å². The lowest BCUT2D eigenvalue weighted by Crippen LogP contribution is -2.37. The molecular formula is C29H33FN2O6S. The van der Waals surface area contributed by atoms with E-state index in [9.17, 15) is 14.0 Å². The van der Waals surface area contributed by atoms with Crippen LogP contribution in [0.1, 0.15) is 29.1 Å². The van der Waals surface area contributed by atoms with Crippen molar-refractivity contribution in [2.24, 2.45) is 0 Å². The van der Waals surface area contributed by atoms with Crippen LogP contribution in [0, 0.1) is 5.82 Å². The lowest BCUT2D eigenvalue weighted by molar-refractivity contribution is -0.119. The van der Waals surface area contributed by atoms with Gasteiger partial charge in [0, 0.05) is 43.3 Å². The number of para-hydroxylation sites is 1. The number of morpholine rings is 1. The minimum Gasteiger partial charge on any atom is -0.493 e. The van der Waals surface area contributed by atoms with Crippen LogP contribution in [-0.2, 0) is 33.6 Å². The molecule has 0 spiro atoms. The molecule has 1 saturated heterocycles. The van der Waals surface area contributed by atoms with Gasteiger partial charge in [-0.1, -0.05) is 6.07 Å². The highest BCUT2D eigenvalue weighted by Gasteiger charge is 2.18. The summed E-state index contributed by atoms with van der Waals surface area (Å²) in [6, 6.07) is 9.26. The number of halogens is 1. The second-order valence-corrected chi connectivity index (χ2v) is 10.2. The van der Waals surface area contributed by atoms with E-state index in [0.717, 1.165) is 39.3 Å². The number of rotatable bonds is 14. The van der Waals surface area contributed by atoms with Gasteiger partial charge in [0.1, 0.15) is 28.1 Å². The first kappa shape index (κ1) is 28.7. The van der Waals surface area contributed by atoms with Crippen molar-refractivity contribution in [3.05, 3.63) is 63.9 Å². The molecule has 1 aliphatic heterocycles. The fraction of sp³-hybridized carbons (Fsp3) is 0.414. The Morgan fingerprint density at radius 1 is 1.00 bits per heavy atom. The van der Waals surface area contributed by atoms with Gasteiger partial charge in [-0.25, -0.2) is 9.37 Å². The van der Waals surface area contributed by atoms with Gasteiger partial charge in [0.2, 0.25) is 5.75 Å². The summed E-state index contributed by atoms with van der Waals surface area (Å²) in [5.74, 6) is 1.15. The van der Waals surface area contributed by atoms with Crippen molar-refractivity contribution in [3.8, 4) is 23.0 Å². The maximum atomic E-state index is 14.1. The van der Waals surface area contributed by atoms with Crippen LogP contribution in [0.4, 0.5) is 4.39 Å². The van der Waals surface area contributed by atoms with Crippen molar-refractivity contribution in [1.29, 1.82) is 0 Å². The Bertz CT molecular complexity index is 1270. The number of ketones is 2. The van der Waals surface area contributed by atoms with Crippen molar-refractivity contribution < 1.29 is 32.9 Å². The number of hydrogen-bond donors (Lipinski definition) is 0. The predicted molar refractivity (Wildman–Crippen MR) is 146 cm³/mol. The zero-order valence-electron chi connectivity index (χ0n) is 22.2. The van der Waals surface area contributed by atoms with Gasteiger partial charge < -0.3 is 18.9 Å². The predicted octanol–water partition coefficient (Wildman–Crippen LogP) is 4.67. The third-order valence-corrected chi connectivity index (χ3v) is 7.25. The van der Waals surface area contributed by atoms with E-state index < -0.39 is 5.82 Å². The molecule has 0 N–H and O–H groups in total. The van der Waals surface area contributed by atoms with Gasteiger partial charge in [0.25, 0.3) is 0 Å². The lowest BCUT2D eigenvalue weighted by atomic mass is 10.1. The van der Waals surface area contributed by atoms with Gasteiger partial charge in [-0.05, 0) is 43.3 Å². The molecule has 2 heterocycles. The number of hydrogen-bond acceptors (Lipinski definition) is 9. The molecule has 0 radical (unpaired) electrons. The highest BCUT2D eigenvalue weighted by molar-refractivity contribution is 7.09. The van der Waals surface area contributed by atoms with Crippen LogP contribution in [0.2, 0.25) is 0 Å². The second kappa shape index (κ2) is 14.2. The monoisotopic (exact) mass is 556 g/mol. The first-order valence-electron chi connectivity index (χ1n) is 12.9. The number of thiazole rings is 1. The number of aromatic nitrogens is 1. The molecule has 0 unspecified atom stereocenters. The van der Waals surface area contributed by atoms with E-state index in [-0.39, 0.29) is 30.8 Å². The van der Waals surface area contributed by atoms with Crippen LogP contribution in [0.15, 0.2) is 41.8 Å². The summed E-state index contributed by atoms with van der Waals surface area (Å²) in [4.78, 5) is 32.1. The molecule has 0 saturated carbocycles. The molecule has 1 aromatic heterocycles. The smallest absolute Gasteiger partial charge is 0.203 e. The normalized spacial score (nSPS) is 13.7. The molecule has 2 aromatic carbocycles. The van der Waals surface area contributed by atoms with Crippen molar-refractivity contribution in [2.75, 3.05) is 47.1 Å². The maximum Gasteiger partial charge on any atom is 0.203 e. The second-order valence-electron chi connectivity index (χ2n) is 9.24. The molecule has 1 aliphatic rings. The van der Waals surface area contributed by atoms with E-state index in [1.807, 2.05) is 5.38 Å². The summed E-state index contributed by atoms with van der Waals surface area (Å²) in [5.41, 5.74) is 1.09. The standard InChI is InChI=1S/C29H33FN2O6S/c1-35-26-6-3-7-27(29(26)36-2)38-25-9-8-21(30)15-20(25)16-24(34)18-28-31-22(19-39-28)17-23(33)5-4-10-32-11-13-37-14-12-32/h3,6-9,15,19H,4-5,10-14,16-18H2,1-2H3. The Labute approximate surface area is 231 Å². The maximum absolute atomic E-state index is 14.1. The first-order valence-corrected chi connectivity index (χ1v) is 13.8.